The summed E-state index contributed by atoms with van der Waals surface area (Å²) in [7, 11) is 0. The van der Waals surface area contributed by atoms with Crippen LogP contribution in [0.3, 0.4) is 0 Å². The maximum Gasteiger partial charge on any atom is 0.126 e. The number of nitrogens with zero attached hydrogens (tertiary/aromatic N) is 1. The quantitative estimate of drug-likeness (QED) is 0.663. The Bertz CT molecular complexity index is 734. The van der Waals surface area contributed by atoms with Gasteiger partial charge in [-0.2, -0.15) is 0 Å². The van der Waals surface area contributed by atoms with Gasteiger partial charge < -0.3 is 5.73 Å². The second kappa shape index (κ2) is 4.26. The number of anilines is 1. The van der Waals surface area contributed by atoms with Crippen LogP contribution in [0.2, 0.25) is 5.02 Å². The summed E-state index contributed by atoms with van der Waals surface area (Å²) in [5.41, 5.74) is 9.84. The lowest BCUT2D eigenvalue weighted by Crippen LogP contribution is -1.89. The highest BCUT2D eigenvalue weighted by atomic mass is 35.5. The Morgan fingerprint density at radius 1 is 1.22 bits per heavy atom. The van der Waals surface area contributed by atoms with E-state index in [4.69, 9.17) is 17.3 Å². The zero-order chi connectivity index (χ0) is 12.7. The number of aromatic nitrogens is 1. The van der Waals surface area contributed by atoms with Crippen molar-refractivity contribution in [2.24, 2.45) is 0 Å². The normalized spacial score (nSPS) is 11.0. The number of nitrogen functional groups attached to an aromatic ring is 1. The van der Waals surface area contributed by atoms with Gasteiger partial charge in [-0.25, -0.2) is 4.98 Å². The molecular formula is C14H11ClN2S. The number of hydrogen-bond donors (Lipinski definition) is 1. The Kier molecular flexibility index (Phi) is 2.73. The van der Waals surface area contributed by atoms with Crippen molar-refractivity contribution >= 4 is 38.8 Å². The third kappa shape index (κ3) is 1.85. The molecule has 1 heterocycles. The van der Waals surface area contributed by atoms with Crippen molar-refractivity contribution in [1.29, 1.82) is 0 Å². The predicted molar refractivity (Wildman–Crippen MR) is 79.2 cm³/mol. The van der Waals surface area contributed by atoms with Crippen LogP contribution in [0.1, 0.15) is 5.56 Å². The maximum absolute atomic E-state index is 6.00. The Labute approximate surface area is 114 Å². The molecule has 0 atom stereocenters. The van der Waals surface area contributed by atoms with Gasteiger partial charge in [0.15, 0.2) is 0 Å². The highest BCUT2D eigenvalue weighted by molar-refractivity contribution is 7.21. The molecule has 0 radical (unpaired) electrons. The second-order valence-electron chi connectivity index (χ2n) is 4.17. The van der Waals surface area contributed by atoms with Crippen LogP contribution in [0.25, 0.3) is 20.8 Å². The Balaban J connectivity index is 2.23. The lowest BCUT2D eigenvalue weighted by Gasteiger charge is -2.01. The van der Waals surface area contributed by atoms with E-state index in [1.165, 1.54) is 10.3 Å². The van der Waals surface area contributed by atoms with Gasteiger partial charge in [0.1, 0.15) is 5.01 Å². The van der Waals surface area contributed by atoms with Gasteiger partial charge in [-0.15, -0.1) is 11.3 Å². The molecule has 18 heavy (non-hydrogen) atoms. The highest BCUT2D eigenvalue weighted by Crippen LogP contribution is 2.35. The molecule has 2 N–H and O–H groups in total. The molecule has 0 saturated carbocycles. The number of thiazole rings is 1. The molecule has 0 unspecified atom stereocenters. The first-order valence-corrected chi connectivity index (χ1v) is 6.76. The molecule has 1 aromatic heterocycles. The summed E-state index contributed by atoms with van der Waals surface area (Å²) in [5, 5.41) is 1.59. The number of nitrogens with two attached hydrogens (primary N) is 1. The molecule has 0 aliphatic carbocycles. The van der Waals surface area contributed by atoms with Crippen LogP contribution in [-0.2, 0) is 0 Å². The monoisotopic (exact) mass is 274 g/mol. The average molecular weight is 275 g/mol. The number of hydrogen-bond acceptors (Lipinski definition) is 3. The van der Waals surface area contributed by atoms with Crippen molar-refractivity contribution in [3.63, 3.8) is 0 Å². The molecule has 0 aliphatic heterocycles. The fraction of sp³-hybridized carbons (Fsp3) is 0.0714. The third-order valence-electron chi connectivity index (χ3n) is 2.86. The van der Waals surface area contributed by atoms with Crippen molar-refractivity contribution in [2.75, 3.05) is 5.73 Å². The van der Waals surface area contributed by atoms with Crippen molar-refractivity contribution in [2.45, 2.75) is 6.92 Å². The summed E-state index contributed by atoms with van der Waals surface area (Å²) in [5.74, 6) is 0. The first kappa shape index (κ1) is 11.5. The van der Waals surface area contributed by atoms with E-state index >= 15 is 0 Å². The van der Waals surface area contributed by atoms with Gasteiger partial charge in [0, 0.05) is 16.3 Å². The van der Waals surface area contributed by atoms with Gasteiger partial charge in [-0.05, 0) is 36.8 Å². The molecular weight excluding hydrogens is 264 g/mol. The van der Waals surface area contributed by atoms with Crippen molar-refractivity contribution in [3.8, 4) is 10.6 Å². The zero-order valence-electron chi connectivity index (χ0n) is 9.77. The molecule has 90 valence electrons. The molecule has 0 spiro atoms. The van der Waals surface area contributed by atoms with Gasteiger partial charge in [-0.1, -0.05) is 23.7 Å². The Morgan fingerprint density at radius 2 is 2.06 bits per heavy atom. The fourth-order valence-electron chi connectivity index (χ4n) is 1.93. The SMILES string of the molecule is Cc1cccc2sc(-c3ccc(Cl)cc3N)nc12. The van der Waals surface area contributed by atoms with Crippen LogP contribution in [0.4, 0.5) is 5.69 Å². The van der Waals surface area contributed by atoms with Gasteiger partial charge in [0.05, 0.1) is 10.2 Å². The molecule has 3 aromatic rings. The Morgan fingerprint density at radius 3 is 2.78 bits per heavy atom. The van der Waals surface area contributed by atoms with Gasteiger partial charge in [0.25, 0.3) is 0 Å². The van der Waals surface area contributed by atoms with Crippen LogP contribution >= 0.6 is 22.9 Å². The molecule has 4 heteroatoms. The fourth-order valence-corrected chi connectivity index (χ4v) is 3.20. The molecule has 2 aromatic carbocycles. The summed E-state index contributed by atoms with van der Waals surface area (Å²) in [6.07, 6.45) is 0. The smallest absolute Gasteiger partial charge is 0.126 e. The summed E-state index contributed by atoms with van der Waals surface area (Å²) < 4.78 is 1.18. The molecule has 0 bridgehead atoms. The molecule has 0 amide bonds. The van der Waals surface area contributed by atoms with E-state index in [1.807, 2.05) is 18.2 Å². The van der Waals surface area contributed by atoms with E-state index in [-0.39, 0.29) is 0 Å². The molecule has 0 saturated heterocycles. The molecule has 0 aliphatic rings. The standard InChI is InChI=1S/C14H11ClN2S/c1-8-3-2-4-12-13(8)17-14(18-12)10-6-5-9(15)7-11(10)16/h2-7H,16H2,1H3. The van der Waals surface area contributed by atoms with Crippen LogP contribution in [-0.4, -0.2) is 4.98 Å². The Hall–Kier alpha value is -1.58. The summed E-state index contributed by atoms with van der Waals surface area (Å²) in [6.45, 7) is 2.07. The summed E-state index contributed by atoms with van der Waals surface area (Å²) >= 11 is 7.56. The van der Waals surface area contributed by atoms with Crippen LogP contribution in [0.5, 0.6) is 0 Å². The number of benzene rings is 2. The minimum absolute atomic E-state index is 0.647. The van der Waals surface area contributed by atoms with E-state index in [1.54, 1.807) is 17.4 Å². The minimum atomic E-state index is 0.647. The van der Waals surface area contributed by atoms with Crippen LogP contribution < -0.4 is 5.73 Å². The van der Waals surface area contributed by atoms with Crippen LogP contribution in [0.15, 0.2) is 36.4 Å². The third-order valence-corrected chi connectivity index (χ3v) is 4.15. The number of halogens is 1. The minimum Gasteiger partial charge on any atom is -0.398 e. The predicted octanol–water partition coefficient (Wildman–Crippen LogP) is 4.51. The van der Waals surface area contributed by atoms with Gasteiger partial charge >= 0.3 is 0 Å². The molecule has 2 nitrogen and oxygen atoms in total. The van der Waals surface area contributed by atoms with Crippen molar-refractivity contribution < 1.29 is 0 Å². The van der Waals surface area contributed by atoms with Crippen molar-refractivity contribution in [1.82, 2.24) is 4.98 Å². The topological polar surface area (TPSA) is 38.9 Å². The molecule has 3 rings (SSSR count). The molecule has 0 fully saturated rings. The first-order valence-electron chi connectivity index (χ1n) is 5.57. The lowest BCUT2D eigenvalue weighted by atomic mass is 10.2. The van der Waals surface area contributed by atoms with Gasteiger partial charge in [0.2, 0.25) is 0 Å². The average Bonchev–Trinajstić information content (AvgIpc) is 2.74. The van der Waals surface area contributed by atoms with Gasteiger partial charge in [-0.3, -0.25) is 0 Å². The second-order valence-corrected chi connectivity index (χ2v) is 5.64. The van der Waals surface area contributed by atoms with E-state index in [2.05, 4.69) is 24.0 Å². The maximum atomic E-state index is 6.00. The number of para-hydroxylation sites is 1. The highest BCUT2D eigenvalue weighted by Gasteiger charge is 2.10. The number of fused-ring (bicyclic) bond motifs is 1. The van der Waals surface area contributed by atoms with Crippen molar-refractivity contribution in [3.05, 3.63) is 47.0 Å². The van der Waals surface area contributed by atoms with Crippen LogP contribution in [0, 0.1) is 6.92 Å². The summed E-state index contributed by atoms with van der Waals surface area (Å²) in [4.78, 5) is 4.67. The van der Waals surface area contributed by atoms with E-state index in [9.17, 15) is 0 Å². The van der Waals surface area contributed by atoms with E-state index in [0.717, 1.165) is 16.1 Å². The number of rotatable bonds is 1. The zero-order valence-corrected chi connectivity index (χ0v) is 11.3. The largest absolute Gasteiger partial charge is 0.398 e. The number of aryl methyl sites for hydroxylation is 1. The first-order chi connectivity index (χ1) is 8.65. The summed E-state index contributed by atoms with van der Waals surface area (Å²) in [6, 6.07) is 11.7. The lowest BCUT2D eigenvalue weighted by molar-refractivity contribution is 1.42. The van der Waals surface area contributed by atoms with E-state index in [0.29, 0.717) is 10.7 Å². The van der Waals surface area contributed by atoms with E-state index < -0.39 is 0 Å².